The first-order chi connectivity index (χ1) is 6.52. The van der Waals surface area contributed by atoms with Crippen LogP contribution in [0.5, 0.6) is 0 Å². The third-order valence-corrected chi connectivity index (χ3v) is 2.70. The molecule has 1 aromatic carbocycles. The van der Waals surface area contributed by atoms with Crippen LogP contribution in [0.3, 0.4) is 0 Å². The molecule has 0 aliphatic heterocycles. The Bertz CT molecular complexity index is 332. The molecule has 1 rings (SSSR count). The fraction of sp³-hybridized carbons (Fsp3) is 0.300. The molecule has 0 N–H and O–H groups in total. The summed E-state index contributed by atoms with van der Waals surface area (Å²) < 4.78 is 0. The monoisotopic (exact) mass is 231 g/mol. The summed E-state index contributed by atoms with van der Waals surface area (Å²) in [5, 5.41) is 1.18. The van der Waals surface area contributed by atoms with Crippen LogP contribution in [0.15, 0.2) is 18.2 Å². The minimum atomic E-state index is -0.0130. The van der Waals surface area contributed by atoms with E-state index in [1.54, 1.807) is 30.1 Å². The van der Waals surface area contributed by atoms with E-state index in [0.29, 0.717) is 16.6 Å². The van der Waals surface area contributed by atoms with Crippen molar-refractivity contribution in [1.29, 1.82) is 0 Å². The largest absolute Gasteiger partial charge is 0.342 e. The molecule has 0 fully saturated rings. The van der Waals surface area contributed by atoms with Gasteiger partial charge in [0.1, 0.15) is 0 Å². The zero-order valence-corrected chi connectivity index (χ0v) is 9.56. The van der Waals surface area contributed by atoms with Crippen molar-refractivity contribution in [3.05, 3.63) is 33.8 Å². The molecule has 0 bridgehead atoms. The Morgan fingerprint density at radius 3 is 2.29 bits per heavy atom. The van der Waals surface area contributed by atoms with Gasteiger partial charge in [-0.1, -0.05) is 29.3 Å². The van der Waals surface area contributed by atoms with Crippen LogP contribution in [0.2, 0.25) is 10.0 Å². The number of nitrogens with zero attached hydrogens (tertiary/aromatic N) is 1. The summed E-state index contributed by atoms with van der Waals surface area (Å²) in [6, 6.07) is 5.30. The molecule has 0 aromatic heterocycles. The summed E-state index contributed by atoms with van der Waals surface area (Å²) in [5.41, 5.74) is 0.786. The molecule has 0 spiro atoms. The van der Waals surface area contributed by atoms with Crippen molar-refractivity contribution in [2.24, 2.45) is 0 Å². The van der Waals surface area contributed by atoms with Gasteiger partial charge in [0.15, 0.2) is 0 Å². The molecule has 0 saturated carbocycles. The second-order valence-corrected chi connectivity index (χ2v) is 3.89. The zero-order chi connectivity index (χ0) is 10.7. The van der Waals surface area contributed by atoms with Crippen LogP contribution in [0.4, 0.5) is 0 Å². The maximum absolute atomic E-state index is 11.0. The van der Waals surface area contributed by atoms with Gasteiger partial charge in [-0.2, -0.15) is 0 Å². The number of rotatable bonds is 2. The molecule has 0 aliphatic carbocycles. The van der Waals surface area contributed by atoms with Gasteiger partial charge in [0.05, 0.1) is 0 Å². The number of halogens is 2. The first-order valence-corrected chi connectivity index (χ1v) is 4.92. The summed E-state index contributed by atoms with van der Waals surface area (Å²) in [4.78, 5) is 12.6. The van der Waals surface area contributed by atoms with Gasteiger partial charge in [0, 0.05) is 36.1 Å². The predicted molar refractivity (Wildman–Crippen MR) is 58.6 cm³/mol. The minimum Gasteiger partial charge on any atom is -0.342 e. The van der Waals surface area contributed by atoms with Gasteiger partial charge < -0.3 is 4.90 Å². The molecule has 0 unspecified atom stereocenters. The predicted octanol–water partition coefficient (Wildman–Crippen LogP) is 2.97. The molecular formula is C10H11Cl2NO. The van der Waals surface area contributed by atoms with Crippen molar-refractivity contribution < 1.29 is 4.79 Å². The zero-order valence-electron chi connectivity index (χ0n) is 8.05. The Hall–Kier alpha value is -0.730. The average Bonchev–Trinajstić information content (AvgIpc) is 2.11. The Kier molecular flexibility index (Phi) is 3.78. The van der Waals surface area contributed by atoms with Gasteiger partial charge in [0.25, 0.3) is 0 Å². The van der Waals surface area contributed by atoms with Gasteiger partial charge in [-0.25, -0.2) is 0 Å². The highest BCUT2D eigenvalue weighted by molar-refractivity contribution is 6.36. The lowest BCUT2D eigenvalue weighted by molar-refractivity contribution is -0.128. The fourth-order valence-electron chi connectivity index (χ4n) is 1.03. The maximum atomic E-state index is 11.0. The molecule has 0 saturated heterocycles. The van der Waals surface area contributed by atoms with E-state index >= 15 is 0 Å². The molecule has 4 heteroatoms. The van der Waals surface area contributed by atoms with Crippen LogP contribution in [0, 0.1) is 0 Å². The lowest BCUT2D eigenvalue weighted by Crippen LogP contribution is -2.23. The number of benzene rings is 1. The van der Waals surface area contributed by atoms with Gasteiger partial charge in [-0.05, 0) is 12.1 Å². The van der Waals surface area contributed by atoms with E-state index in [4.69, 9.17) is 23.2 Å². The van der Waals surface area contributed by atoms with Crippen LogP contribution in [-0.4, -0.2) is 17.9 Å². The summed E-state index contributed by atoms with van der Waals surface area (Å²) in [7, 11) is 1.71. The molecule has 2 nitrogen and oxygen atoms in total. The first kappa shape index (κ1) is 11.3. The van der Waals surface area contributed by atoms with Gasteiger partial charge in [-0.3, -0.25) is 4.79 Å². The van der Waals surface area contributed by atoms with Crippen molar-refractivity contribution in [3.63, 3.8) is 0 Å². The summed E-state index contributed by atoms with van der Waals surface area (Å²) in [5.74, 6) is -0.0130. The second-order valence-electron chi connectivity index (χ2n) is 3.08. The molecule has 14 heavy (non-hydrogen) atoms. The van der Waals surface area contributed by atoms with E-state index in [9.17, 15) is 4.79 Å². The molecule has 1 aromatic rings. The van der Waals surface area contributed by atoms with Crippen molar-refractivity contribution >= 4 is 29.1 Å². The maximum Gasteiger partial charge on any atom is 0.219 e. The van der Waals surface area contributed by atoms with E-state index in [2.05, 4.69) is 0 Å². The SMILES string of the molecule is CC(=O)N(C)Cc1c(Cl)cccc1Cl. The lowest BCUT2D eigenvalue weighted by atomic mass is 10.2. The molecule has 0 aliphatic rings. The third-order valence-electron chi connectivity index (χ3n) is 1.99. The highest BCUT2D eigenvalue weighted by Gasteiger charge is 2.09. The van der Waals surface area contributed by atoms with Crippen LogP contribution in [0.25, 0.3) is 0 Å². The van der Waals surface area contributed by atoms with E-state index in [1.807, 2.05) is 0 Å². The van der Waals surface area contributed by atoms with Crippen molar-refractivity contribution in [2.45, 2.75) is 13.5 Å². The molecule has 1 amide bonds. The highest BCUT2D eigenvalue weighted by Crippen LogP contribution is 2.25. The minimum absolute atomic E-state index is 0.0130. The first-order valence-electron chi connectivity index (χ1n) is 4.17. The Balaban J connectivity index is 2.91. The normalized spacial score (nSPS) is 10.0. The van der Waals surface area contributed by atoms with E-state index in [1.165, 1.54) is 6.92 Å². The Morgan fingerprint density at radius 2 is 1.86 bits per heavy atom. The number of hydrogen-bond donors (Lipinski definition) is 0. The average molecular weight is 232 g/mol. The molecular weight excluding hydrogens is 221 g/mol. The third kappa shape index (κ3) is 2.63. The quantitative estimate of drug-likeness (QED) is 0.767. The van der Waals surface area contributed by atoms with Gasteiger partial charge in [0.2, 0.25) is 5.91 Å². The van der Waals surface area contributed by atoms with E-state index in [0.717, 1.165) is 5.56 Å². The van der Waals surface area contributed by atoms with Gasteiger partial charge >= 0.3 is 0 Å². The van der Waals surface area contributed by atoms with Crippen LogP contribution >= 0.6 is 23.2 Å². The number of carbonyl (C=O) groups excluding carboxylic acids is 1. The number of amides is 1. The van der Waals surface area contributed by atoms with Crippen LogP contribution < -0.4 is 0 Å². The molecule has 0 atom stereocenters. The summed E-state index contributed by atoms with van der Waals surface area (Å²) in [6.07, 6.45) is 0. The topological polar surface area (TPSA) is 20.3 Å². The van der Waals surface area contributed by atoms with Crippen LogP contribution in [-0.2, 0) is 11.3 Å². The van der Waals surface area contributed by atoms with Crippen molar-refractivity contribution in [3.8, 4) is 0 Å². The second kappa shape index (κ2) is 4.67. The van der Waals surface area contributed by atoms with E-state index < -0.39 is 0 Å². The number of carbonyl (C=O) groups is 1. The summed E-state index contributed by atoms with van der Waals surface area (Å²) in [6.45, 7) is 1.94. The smallest absolute Gasteiger partial charge is 0.219 e. The van der Waals surface area contributed by atoms with E-state index in [-0.39, 0.29) is 5.91 Å². The lowest BCUT2D eigenvalue weighted by Gasteiger charge is -2.16. The van der Waals surface area contributed by atoms with Crippen molar-refractivity contribution in [1.82, 2.24) is 4.90 Å². The highest BCUT2D eigenvalue weighted by atomic mass is 35.5. The summed E-state index contributed by atoms with van der Waals surface area (Å²) >= 11 is 11.9. The van der Waals surface area contributed by atoms with Gasteiger partial charge in [-0.15, -0.1) is 0 Å². The molecule has 76 valence electrons. The standard InChI is InChI=1S/C10H11Cl2NO/c1-7(14)13(2)6-8-9(11)4-3-5-10(8)12/h3-5H,6H2,1-2H3. The molecule has 0 radical (unpaired) electrons. The van der Waals surface area contributed by atoms with Crippen molar-refractivity contribution in [2.75, 3.05) is 7.05 Å². The van der Waals surface area contributed by atoms with Crippen LogP contribution in [0.1, 0.15) is 12.5 Å². The Labute approximate surface area is 93.4 Å². The Morgan fingerprint density at radius 1 is 1.36 bits per heavy atom. The molecule has 0 heterocycles. The number of hydrogen-bond acceptors (Lipinski definition) is 1. The fourth-order valence-corrected chi connectivity index (χ4v) is 1.55.